The minimum absolute atomic E-state index is 0.301. The summed E-state index contributed by atoms with van der Waals surface area (Å²) in [7, 11) is 0. The van der Waals surface area contributed by atoms with Crippen LogP contribution in [0.2, 0.25) is 0 Å². The fraction of sp³-hybridized carbons (Fsp3) is 0.357. The number of hydrogen-bond donors (Lipinski definition) is 2. The average molecular weight is 274 g/mol. The van der Waals surface area contributed by atoms with Gasteiger partial charge in [0.2, 0.25) is 0 Å². The Balaban J connectivity index is 1.89. The lowest BCUT2D eigenvalue weighted by molar-refractivity contribution is 0.0697. The van der Waals surface area contributed by atoms with Crippen LogP contribution >= 0.6 is 0 Å². The molecule has 0 radical (unpaired) electrons. The van der Waals surface area contributed by atoms with E-state index in [1.54, 1.807) is 16.9 Å². The first-order valence-corrected chi connectivity index (χ1v) is 6.53. The molecule has 0 aliphatic rings. The van der Waals surface area contributed by atoms with Crippen molar-refractivity contribution in [3.05, 3.63) is 46.8 Å². The van der Waals surface area contributed by atoms with E-state index in [1.165, 1.54) is 0 Å². The van der Waals surface area contributed by atoms with Crippen molar-refractivity contribution in [3.63, 3.8) is 0 Å². The Bertz CT molecular complexity index is 590. The molecule has 6 heteroatoms. The Kier molecular flexibility index (Phi) is 4.47. The number of carboxylic acids is 1. The highest BCUT2D eigenvalue weighted by molar-refractivity contribution is 5.87. The second kappa shape index (κ2) is 6.29. The molecular formula is C14H18N4O2. The van der Waals surface area contributed by atoms with Gasteiger partial charge < -0.3 is 10.4 Å². The smallest absolute Gasteiger partial charge is 0.335 e. The monoisotopic (exact) mass is 274 g/mol. The van der Waals surface area contributed by atoms with Crippen molar-refractivity contribution in [2.24, 2.45) is 0 Å². The topological polar surface area (TPSA) is 80.0 Å². The van der Waals surface area contributed by atoms with Gasteiger partial charge in [-0.05, 0) is 31.5 Å². The van der Waals surface area contributed by atoms with Crippen LogP contribution in [0.25, 0.3) is 0 Å². The maximum atomic E-state index is 10.7. The molecule has 106 valence electrons. The predicted octanol–water partition coefficient (Wildman–Crippen LogP) is 1.59. The molecular weight excluding hydrogens is 256 g/mol. The number of carbonyl (C=O) groups is 1. The third kappa shape index (κ3) is 3.42. The standard InChI is InChI=1S/C14H18N4O2/c1-3-18-16-10(2)13(17-18)9-15-8-11-4-6-12(7-5-11)14(19)20/h4-7,15H,3,8-9H2,1-2H3,(H,19,20). The van der Waals surface area contributed by atoms with E-state index in [4.69, 9.17) is 5.11 Å². The summed E-state index contributed by atoms with van der Waals surface area (Å²) >= 11 is 0. The Morgan fingerprint density at radius 3 is 2.50 bits per heavy atom. The highest BCUT2D eigenvalue weighted by Crippen LogP contribution is 2.05. The van der Waals surface area contributed by atoms with Crippen LogP contribution < -0.4 is 5.32 Å². The van der Waals surface area contributed by atoms with Crippen molar-refractivity contribution >= 4 is 5.97 Å². The van der Waals surface area contributed by atoms with E-state index in [0.29, 0.717) is 18.7 Å². The van der Waals surface area contributed by atoms with Gasteiger partial charge in [0, 0.05) is 13.1 Å². The highest BCUT2D eigenvalue weighted by atomic mass is 16.4. The molecule has 2 aromatic rings. The zero-order chi connectivity index (χ0) is 14.5. The maximum Gasteiger partial charge on any atom is 0.335 e. The molecule has 0 saturated heterocycles. The summed E-state index contributed by atoms with van der Waals surface area (Å²) in [4.78, 5) is 12.4. The van der Waals surface area contributed by atoms with Crippen molar-refractivity contribution in [2.45, 2.75) is 33.5 Å². The van der Waals surface area contributed by atoms with Crippen LogP contribution in [0.4, 0.5) is 0 Å². The quantitative estimate of drug-likeness (QED) is 0.836. The van der Waals surface area contributed by atoms with E-state index in [-0.39, 0.29) is 0 Å². The minimum atomic E-state index is -0.906. The van der Waals surface area contributed by atoms with E-state index in [1.807, 2.05) is 26.0 Å². The van der Waals surface area contributed by atoms with Crippen LogP contribution in [-0.4, -0.2) is 26.1 Å². The molecule has 1 aromatic heterocycles. The lowest BCUT2D eigenvalue weighted by Gasteiger charge is -2.04. The number of nitrogens with one attached hydrogen (secondary N) is 1. The van der Waals surface area contributed by atoms with Crippen LogP contribution in [0.1, 0.15) is 34.2 Å². The molecule has 0 aliphatic carbocycles. The van der Waals surface area contributed by atoms with E-state index < -0.39 is 5.97 Å². The van der Waals surface area contributed by atoms with E-state index in [0.717, 1.165) is 23.5 Å². The average Bonchev–Trinajstić information content (AvgIpc) is 2.80. The minimum Gasteiger partial charge on any atom is -0.478 e. The first kappa shape index (κ1) is 14.2. The molecule has 0 unspecified atom stereocenters. The Morgan fingerprint density at radius 1 is 1.25 bits per heavy atom. The number of aryl methyl sites for hydroxylation is 2. The predicted molar refractivity (Wildman–Crippen MR) is 74.4 cm³/mol. The SMILES string of the molecule is CCn1nc(C)c(CNCc2ccc(C(=O)O)cc2)n1. The zero-order valence-electron chi connectivity index (χ0n) is 11.6. The van der Waals surface area contributed by atoms with Crippen molar-refractivity contribution in [1.29, 1.82) is 0 Å². The first-order chi connectivity index (χ1) is 9.60. The lowest BCUT2D eigenvalue weighted by atomic mass is 10.1. The number of aromatic carboxylic acids is 1. The third-order valence-electron chi connectivity index (χ3n) is 3.02. The second-order valence-corrected chi connectivity index (χ2v) is 4.53. The van der Waals surface area contributed by atoms with Crippen LogP contribution in [0.5, 0.6) is 0 Å². The van der Waals surface area contributed by atoms with Crippen LogP contribution in [0, 0.1) is 6.92 Å². The normalized spacial score (nSPS) is 10.7. The summed E-state index contributed by atoms with van der Waals surface area (Å²) in [6.45, 7) is 6.01. The third-order valence-corrected chi connectivity index (χ3v) is 3.02. The number of rotatable bonds is 6. The Labute approximate surface area is 117 Å². The van der Waals surface area contributed by atoms with Gasteiger partial charge in [0.25, 0.3) is 0 Å². The van der Waals surface area contributed by atoms with Gasteiger partial charge in [-0.1, -0.05) is 12.1 Å². The summed E-state index contributed by atoms with van der Waals surface area (Å²) in [5.41, 5.74) is 3.21. The zero-order valence-corrected chi connectivity index (χ0v) is 11.6. The fourth-order valence-electron chi connectivity index (χ4n) is 1.86. The molecule has 1 heterocycles. The summed E-state index contributed by atoms with van der Waals surface area (Å²) in [5.74, 6) is -0.906. The molecule has 0 saturated carbocycles. The molecule has 1 aromatic carbocycles. The van der Waals surface area contributed by atoms with Crippen LogP contribution in [0.3, 0.4) is 0 Å². The number of hydrogen-bond acceptors (Lipinski definition) is 4. The van der Waals surface area contributed by atoms with Gasteiger partial charge in [0.05, 0.1) is 23.5 Å². The molecule has 6 nitrogen and oxygen atoms in total. The van der Waals surface area contributed by atoms with Gasteiger partial charge in [-0.3, -0.25) is 0 Å². The largest absolute Gasteiger partial charge is 0.478 e. The van der Waals surface area contributed by atoms with Crippen molar-refractivity contribution in [1.82, 2.24) is 20.3 Å². The molecule has 0 spiro atoms. The lowest BCUT2D eigenvalue weighted by Crippen LogP contribution is -2.14. The molecule has 0 atom stereocenters. The van der Waals surface area contributed by atoms with Gasteiger partial charge in [-0.25, -0.2) is 4.79 Å². The van der Waals surface area contributed by atoms with Crippen LogP contribution in [-0.2, 0) is 19.6 Å². The molecule has 0 amide bonds. The number of benzene rings is 1. The molecule has 2 rings (SSSR count). The number of carboxylic acid groups (broad SMARTS) is 1. The fourth-order valence-corrected chi connectivity index (χ4v) is 1.86. The first-order valence-electron chi connectivity index (χ1n) is 6.53. The van der Waals surface area contributed by atoms with Crippen LogP contribution in [0.15, 0.2) is 24.3 Å². The Hall–Kier alpha value is -2.21. The molecule has 0 fully saturated rings. The van der Waals surface area contributed by atoms with Gasteiger partial charge in [0.15, 0.2) is 0 Å². The summed E-state index contributed by atoms with van der Waals surface area (Å²) in [6.07, 6.45) is 0. The molecule has 2 N–H and O–H groups in total. The van der Waals surface area contributed by atoms with Gasteiger partial charge in [-0.2, -0.15) is 15.0 Å². The molecule has 0 bridgehead atoms. The number of aromatic nitrogens is 3. The number of nitrogens with zero attached hydrogens (tertiary/aromatic N) is 3. The summed E-state index contributed by atoms with van der Waals surface area (Å²) < 4.78 is 0. The Morgan fingerprint density at radius 2 is 1.95 bits per heavy atom. The van der Waals surface area contributed by atoms with Crippen molar-refractivity contribution < 1.29 is 9.90 Å². The van der Waals surface area contributed by atoms with E-state index >= 15 is 0 Å². The summed E-state index contributed by atoms with van der Waals surface area (Å²) in [5, 5.41) is 20.8. The van der Waals surface area contributed by atoms with Crippen molar-refractivity contribution in [3.8, 4) is 0 Å². The maximum absolute atomic E-state index is 10.7. The van der Waals surface area contributed by atoms with E-state index in [9.17, 15) is 4.79 Å². The second-order valence-electron chi connectivity index (χ2n) is 4.53. The highest BCUT2D eigenvalue weighted by Gasteiger charge is 2.06. The molecule has 0 aliphatic heterocycles. The van der Waals surface area contributed by atoms with Gasteiger partial charge in [-0.15, -0.1) is 0 Å². The van der Waals surface area contributed by atoms with E-state index in [2.05, 4.69) is 15.5 Å². The van der Waals surface area contributed by atoms with Gasteiger partial charge >= 0.3 is 5.97 Å². The summed E-state index contributed by atoms with van der Waals surface area (Å²) in [6, 6.07) is 6.84. The molecule has 20 heavy (non-hydrogen) atoms. The van der Waals surface area contributed by atoms with Crippen molar-refractivity contribution in [2.75, 3.05) is 0 Å². The van der Waals surface area contributed by atoms with Gasteiger partial charge in [0.1, 0.15) is 0 Å².